The lowest BCUT2D eigenvalue weighted by atomic mass is 10.2. The Morgan fingerprint density at radius 2 is 1.89 bits per heavy atom. The molecule has 4 aromatic rings. The van der Waals surface area contributed by atoms with Crippen LogP contribution in [0.3, 0.4) is 0 Å². The molecule has 10 heteroatoms. The summed E-state index contributed by atoms with van der Waals surface area (Å²) in [4.78, 5) is 15.1. The van der Waals surface area contributed by atoms with E-state index in [2.05, 4.69) is 21.0 Å². The monoisotopic (exact) mass is 480 g/mol. The molecule has 1 fully saturated rings. The van der Waals surface area contributed by atoms with Crippen LogP contribution in [-0.2, 0) is 4.74 Å². The smallest absolute Gasteiger partial charge is 0.156 e. The van der Waals surface area contributed by atoms with Gasteiger partial charge in [-0.3, -0.25) is 0 Å². The standard InChI is InChI=1S/C22H24N6O2.C3H8O2/c1-27(2)19-7-4-14-3-5-15(11-18(14)26-19)29-12-16-6-8-20(30-16)28-10-9-17-21(23)24-13-25-22(17)28;1-3(2,4)5/h3-5,7,9-11,13,16,20H,6,8,12H2,1-2H3,(H2,23,24,25);4-5H,1-2H3. The van der Waals surface area contributed by atoms with Crippen molar-refractivity contribution < 1.29 is 19.7 Å². The summed E-state index contributed by atoms with van der Waals surface area (Å²) in [6.45, 7) is 3.09. The number of ether oxygens (including phenoxy) is 2. The fourth-order valence-corrected chi connectivity index (χ4v) is 3.85. The molecule has 0 spiro atoms. The number of nitrogens with two attached hydrogens (primary N) is 1. The average molecular weight is 481 g/mol. The second-order valence-corrected chi connectivity index (χ2v) is 9.23. The van der Waals surface area contributed by atoms with E-state index in [0.29, 0.717) is 12.4 Å². The summed E-state index contributed by atoms with van der Waals surface area (Å²) >= 11 is 0. The zero-order valence-corrected chi connectivity index (χ0v) is 20.4. The molecular weight excluding hydrogens is 448 g/mol. The highest BCUT2D eigenvalue weighted by molar-refractivity contribution is 5.86. The van der Waals surface area contributed by atoms with Crippen LogP contribution in [0.4, 0.5) is 11.6 Å². The molecule has 1 aliphatic heterocycles. The van der Waals surface area contributed by atoms with E-state index in [1.165, 1.54) is 20.2 Å². The number of nitrogens with zero attached hydrogens (tertiary/aromatic N) is 5. The van der Waals surface area contributed by atoms with Crippen molar-refractivity contribution in [2.75, 3.05) is 31.3 Å². The lowest BCUT2D eigenvalue weighted by Crippen LogP contribution is -2.18. The van der Waals surface area contributed by atoms with Gasteiger partial charge in [0.05, 0.1) is 17.0 Å². The first kappa shape index (κ1) is 24.6. The second kappa shape index (κ2) is 10.0. The van der Waals surface area contributed by atoms with Crippen LogP contribution < -0.4 is 15.4 Å². The van der Waals surface area contributed by atoms with Crippen LogP contribution in [-0.4, -0.2) is 62.3 Å². The minimum absolute atomic E-state index is 0.0170. The number of aromatic nitrogens is 4. The van der Waals surface area contributed by atoms with Crippen molar-refractivity contribution in [2.24, 2.45) is 0 Å². The highest BCUT2D eigenvalue weighted by atomic mass is 16.6. The quantitative estimate of drug-likeness (QED) is 0.369. The van der Waals surface area contributed by atoms with Gasteiger partial charge in [-0.25, -0.2) is 15.0 Å². The second-order valence-electron chi connectivity index (χ2n) is 9.23. The average Bonchev–Trinajstić information content (AvgIpc) is 3.43. The van der Waals surface area contributed by atoms with Crippen LogP contribution in [0, 0.1) is 0 Å². The molecule has 0 aliphatic carbocycles. The summed E-state index contributed by atoms with van der Waals surface area (Å²) in [5.74, 6) is 0.703. The van der Waals surface area contributed by atoms with E-state index < -0.39 is 5.79 Å². The minimum atomic E-state index is -1.50. The normalized spacial score (nSPS) is 17.9. The van der Waals surface area contributed by atoms with Crippen LogP contribution in [0.1, 0.15) is 32.9 Å². The van der Waals surface area contributed by atoms with Crippen LogP contribution in [0.2, 0.25) is 0 Å². The molecule has 2 unspecified atom stereocenters. The highest BCUT2D eigenvalue weighted by Crippen LogP contribution is 2.32. The number of nitrogen functional groups attached to an aromatic ring is 1. The number of benzene rings is 1. The molecule has 1 aromatic carbocycles. The van der Waals surface area contributed by atoms with Crippen molar-refractivity contribution >= 4 is 33.6 Å². The molecule has 1 aliphatic rings. The van der Waals surface area contributed by atoms with Crippen molar-refractivity contribution in [1.29, 1.82) is 0 Å². The van der Waals surface area contributed by atoms with Crippen molar-refractivity contribution in [3.63, 3.8) is 0 Å². The van der Waals surface area contributed by atoms with Crippen LogP contribution in [0.5, 0.6) is 5.75 Å². The third kappa shape index (κ3) is 6.16. The fraction of sp³-hybridized carbons (Fsp3) is 0.400. The van der Waals surface area contributed by atoms with Gasteiger partial charge in [0.2, 0.25) is 0 Å². The van der Waals surface area contributed by atoms with Crippen molar-refractivity contribution in [3.8, 4) is 5.75 Å². The number of pyridine rings is 1. The zero-order valence-electron chi connectivity index (χ0n) is 20.4. The molecule has 0 saturated carbocycles. The van der Waals surface area contributed by atoms with Crippen molar-refractivity contribution in [2.45, 2.75) is 44.8 Å². The number of aliphatic hydroxyl groups is 2. The Kier molecular flexibility index (Phi) is 7.06. The molecule has 4 heterocycles. The molecule has 2 atom stereocenters. The SMILES string of the molecule is CC(C)(O)O.CN(C)c1ccc2ccc(OCC3CCC(n4ccc5c(N)ncnc54)O3)cc2n1. The summed E-state index contributed by atoms with van der Waals surface area (Å²) in [5.41, 5.74) is 7.65. The van der Waals surface area contributed by atoms with Gasteiger partial charge in [-0.15, -0.1) is 0 Å². The minimum Gasteiger partial charge on any atom is -0.491 e. The fourth-order valence-electron chi connectivity index (χ4n) is 3.85. The maximum atomic E-state index is 8.08. The lowest BCUT2D eigenvalue weighted by molar-refractivity contribution is -0.127. The topological polar surface area (TPSA) is 132 Å². The lowest BCUT2D eigenvalue weighted by Gasteiger charge is -2.17. The van der Waals surface area contributed by atoms with E-state index in [4.69, 9.17) is 25.4 Å². The largest absolute Gasteiger partial charge is 0.491 e. The van der Waals surface area contributed by atoms with Crippen LogP contribution >= 0.6 is 0 Å². The molecule has 10 nitrogen and oxygen atoms in total. The molecule has 0 amide bonds. The summed E-state index contributed by atoms with van der Waals surface area (Å²) in [6.07, 6.45) is 5.20. The van der Waals surface area contributed by atoms with Crippen LogP contribution in [0.15, 0.2) is 48.9 Å². The Hall–Kier alpha value is -3.47. The van der Waals surface area contributed by atoms with Gasteiger partial charge < -0.3 is 34.9 Å². The first-order valence-corrected chi connectivity index (χ1v) is 11.5. The summed E-state index contributed by atoms with van der Waals surface area (Å²) in [7, 11) is 3.97. The third-order valence-electron chi connectivity index (χ3n) is 5.48. The Balaban J connectivity index is 0.000000527. The van der Waals surface area contributed by atoms with E-state index >= 15 is 0 Å². The maximum Gasteiger partial charge on any atom is 0.156 e. The number of fused-ring (bicyclic) bond motifs is 2. The summed E-state index contributed by atoms with van der Waals surface area (Å²) in [5, 5.41) is 18.1. The van der Waals surface area contributed by atoms with Gasteiger partial charge in [0.25, 0.3) is 0 Å². The number of rotatable bonds is 5. The molecule has 186 valence electrons. The molecular formula is C25H32N6O4. The first-order chi connectivity index (χ1) is 16.6. The molecule has 4 N–H and O–H groups in total. The van der Waals surface area contributed by atoms with Gasteiger partial charge in [0.1, 0.15) is 42.2 Å². The van der Waals surface area contributed by atoms with E-state index in [0.717, 1.165) is 46.3 Å². The predicted molar refractivity (Wildman–Crippen MR) is 135 cm³/mol. The van der Waals surface area contributed by atoms with Crippen molar-refractivity contribution in [1.82, 2.24) is 19.5 Å². The molecule has 0 bridgehead atoms. The van der Waals surface area contributed by atoms with E-state index in [1.807, 2.05) is 60.1 Å². The summed E-state index contributed by atoms with van der Waals surface area (Å²) < 4.78 is 14.3. The molecule has 35 heavy (non-hydrogen) atoms. The maximum absolute atomic E-state index is 8.08. The van der Waals surface area contributed by atoms with Crippen molar-refractivity contribution in [3.05, 3.63) is 48.9 Å². The Morgan fingerprint density at radius 3 is 2.63 bits per heavy atom. The van der Waals surface area contributed by atoms with E-state index in [-0.39, 0.29) is 12.3 Å². The van der Waals surface area contributed by atoms with Gasteiger partial charge in [0, 0.05) is 31.7 Å². The molecule has 0 radical (unpaired) electrons. The summed E-state index contributed by atoms with van der Waals surface area (Å²) in [6, 6.07) is 12.0. The predicted octanol–water partition coefficient (Wildman–Crippen LogP) is 3.09. The number of anilines is 2. The van der Waals surface area contributed by atoms with Gasteiger partial charge in [-0.05, 0) is 57.0 Å². The van der Waals surface area contributed by atoms with Gasteiger partial charge in [0.15, 0.2) is 5.79 Å². The van der Waals surface area contributed by atoms with E-state index in [1.54, 1.807) is 0 Å². The molecule has 1 saturated heterocycles. The van der Waals surface area contributed by atoms with Gasteiger partial charge in [-0.1, -0.05) is 0 Å². The first-order valence-electron chi connectivity index (χ1n) is 11.5. The number of hydrogen-bond donors (Lipinski definition) is 3. The zero-order chi connectivity index (χ0) is 25.2. The Labute approximate surface area is 203 Å². The number of hydrogen-bond acceptors (Lipinski definition) is 9. The third-order valence-corrected chi connectivity index (χ3v) is 5.48. The molecule has 5 rings (SSSR count). The van der Waals surface area contributed by atoms with Gasteiger partial charge >= 0.3 is 0 Å². The Bertz CT molecular complexity index is 1290. The van der Waals surface area contributed by atoms with E-state index in [9.17, 15) is 0 Å². The molecule has 3 aromatic heterocycles. The van der Waals surface area contributed by atoms with Crippen LogP contribution in [0.25, 0.3) is 21.9 Å². The highest BCUT2D eigenvalue weighted by Gasteiger charge is 2.28. The van der Waals surface area contributed by atoms with Gasteiger partial charge in [-0.2, -0.15) is 0 Å². The Morgan fingerprint density at radius 1 is 1.14 bits per heavy atom.